The van der Waals surface area contributed by atoms with E-state index in [0.717, 1.165) is 0 Å². The van der Waals surface area contributed by atoms with Gasteiger partial charge in [0.2, 0.25) is 0 Å². The van der Waals surface area contributed by atoms with Gasteiger partial charge in [0.15, 0.2) is 0 Å². The summed E-state index contributed by atoms with van der Waals surface area (Å²) in [4.78, 5) is 0. The fourth-order valence-corrected chi connectivity index (χ4v) is 5.79. The second-order valence-corrected chi connectivity index (χ2v) is 9.47. The average Bonchev–Trinajstić information content (AvgIpc) is 2.89. The second-order valence-electron chi connectivity index (χ2n) is 9.47. The van der Waals surface area contributed by atoms with E-state index in [-0.39, 0.29) is 0 Å². The normalized spacial score (nSPS) is 12.1. The lowest BCUT2D eigenvalue weighted by Crippen LogP contribution is -1.86. The second kappa shape index (κ2) is 6.56. The molecule has 0 fully saturated rings. The summed E-state index contributed by atoms with van der Waals surface area (Å²) in [6.45, 7) is 0. The molecule has 0 radical (unpaired) electrons. The van der Waals surface area contributed by atoms with E-state index < -0.39 is 0 Å². The van der Waals surface area contributed by atoms with Gasteiger partial charge in [-0.05, 0) is 118 Å². The van der Waals surface area contributed by atoms with Crippen LogP contribution in [0.1, 0.15) is 0 Å². The Morgan fingerprint density at radius 1 is 0.235 bits per heavy atom. The molecule has 0 aliphatic carbocycles. The first-order valence-corrected chi connectivity index (χ1v) is 11.8. The van der Waals surface area contributed by atoms with Crippen molar-refractivity contribution in [1.82, 2.24) is 0 Å². The van der Waals surface area contributed by atoms with E-state index >= 15 is 0 Å². The summed E-state index contributed by atoms with van der Waals surface area (Å²) in [5.41, 5.74) is 2.53. The van der Waals surface area contributed by atoms with Crippen LogP contribution in [0.4, 0.5) is 0 Å². The SMILES string of the molecule is c1ccc2cc3cc4cc(-c5cc6ccc7cccc8ccc(c5)c6c78)ccc4cc3cc2c1. The molecule has 0 aromatic heterocycles. The van der Waals surface area contributed by atoms with Gasteiger partial charge in [-0.15, -0.1) is 0 Å². The van der Waals surface area contributed by atoms with Gasteiger partial charge < -0.3 is 0 Å². The maximum absolute atomic E-state index is 2.35. The standard InChI is InChI=1S/C34H20/c1-2-5-24-15-32-20-29-16-25(10-11-26(29)17-31(32)14-23(24)4-1)30-18-27-12-8-21-6-3-7-22-9-13-28(19-30)34(27)33(21)22/h1-20H. The zero-order chi connectivity index (χ0) is 22.2. The highest BCUT2D eigenvalue weighted by atomic mass is 14.1. The summed E-state index contributed by atoms with van der Waals surface area (Å²) in [6.07, 6.45) is 0. The minimum atomic E-state index is 1.26. The van der Waals surface area contributed by atoms with Gasteiger partial charge in [-0.3, -0.25) is 0 Å². The third kappa shape index (κ3) is 2.54. The number of hydrogen-bond acceptors (Lipinski definition) is 0. The molecular formula is C34H20. The Morgan fingerprint density at radius 3 is 1.29 bits per heavy atom. The van der Waals surface area contributed by atoms with E-state index in [1.54, 1.807) is 0 Å². The van der Waals surface area contributed by atoms with E-state index in [2.05, 4.69) is 121 Å². The highest BCUT2D eigenvalue weighted by molar-refractivity contribution is 6.23. The molecule has 0 unspecified atom stereocenters. The van der Waals surface area contributed by atoms with E-state index in [1.807, 2.05) is 0 Å². The Kier molecular flexibility index (Phi) is 3.48. The van der Waals surface area contributed by atoms with Gasteiger partial charge >= 0.3 is 0 Å². The van der Waals surface area contributed by atoms with E-state index in [4.69, 9.17) is 0 Å². The molecule has 0 aliphatic rings. The predicted molar refractivity (Wildman–Crippen MR) is 148 cm³/mol. The highest BCUT2D eigenvalue weighted by Crippen LogP contribution is 2.38. The quantitative estimate of drug-likeness (QED) is 0.180. The molecule has 34 heavy (non-hydrogen) atoms. The van der Waals surface area contributed by atoms with Crippen molar-refractivity contribution in [3.8, 4) is 11.1 Å². The number of fused-ring (bicyclic) bond motifs is 3. The van der Waals surface area contributed by atoms with Crippen LogP contribution in [0, 0.1) is 0 Å². The summed E-state index contributed by atoms with van der Waals surface area (Å²) in [6, 6.07) is 45.1. The van der Waals surface area contributed by atoms with Crippen LogP contribution in [0.5, 0.6) is 0 Å². The Morgan fingerprint density at radius 2 is 0.647 bits per heavy atom. The molecule has 0 aliphatic heterocycles. The maximum Gasteiger partial charge on any atom is -0.00264 e. The van der Waals surface area contributed by atoms with Crippen molar-refractivity contribution >= 4 is 64.6 Å². The molecule has 0 saturated carbocycles. The monoisotopic (exact) mass is 428 g/mol. The molecule has 0 heteroatoms. The lowest BCUT2D eigenvalue weighted by atomic mass is 9.91. The van der Waals surface area contributed by atoms with Crippen LogP contribution in [-0.4, -0.2) is 0 Å². The van der Waals surface area contributed by atoms with Crippen molar-refractivity contribution in [3.05, 3.63) is 121 Å². The minimum absolute atomic E-state index is 1.26. The smallest absolute Gasteiger partial charge is 0.00264 e. The van der Waals surface area contributed by atoms with Crippen LogP contribution in [-0.2, 0) is 0 Å². The van der Waals surface area contributed by atoms with Crippen LogP contribution < -0.4 is 0 Å². The number of rotatable bonds is 1. The Hall–Kier alpha value is -4.42. The van der Waals surface area contributed by atoms with Crippen molar-refractivity contribution in [2.75, 3.05) is 0 Å². The fraction of sp³-hybridized carbons (Fsp3) is 0. The Labute approximate surface area is 197 Å². The van der Waals surface area contributed by atoms with Crippen LogP contribution in [0.2, 0.25) is 0 Å². The fourth-order valence-electron chi connectivity index (χ4n) is 5.79. The summed E-state index contributed by atoms with van der Waals surface area (Å²) >= 11 is 0. The van der Waals surface area contributed by atoms with Crippen LogP contribution in [0.15, 0.2) is 121 Å². The molecule has 8 aromatic rings. The molecular weight excluding hydrogens is 408 g/mol. The van der Waals surface area contributed by atoms with Crippen molar-refractivity contribution in [3.63, 3.8) is 0 Å². The molecule has 0 bridgehead atoms. The predicted octanol–water partition coefficient (Wildman–Crippen LogP) is 9.71. The lowest BCUT2D eigenvalue weighted by molar-refractivity contribution is 1.70. The first kappa shape index (κ1) is 18.1. The van der Waals surface area contributed by atoms with Crippen molar-refractivity contribution in [2.45, 2.75) is 0 Å². The van der Waals surface area contributed by atoms with Crippen LogP contribution in [0.25, 0.3) is 75.8 Å². The number of hydrogen-bond donors (Lipinski definition) is 0. The summed E-state index contributed by atoms with van der Waals surface area (Å²) < 4.78 is 0. The Bertz CT molecular complexity index is 2000. The maximum atomic E-state index is 2.35. The zero-order valence-corrected chi connectivity index (χ0v) is 18.5. The van der Waals surface area contributed by atoms with Crippen LogP contribution in [0.3, 0.4) is 0 Å². The molecule has 8 rings (SSSR count). The van der Waals surface area contributed by atoms with E-state index in [9.17, 15) is 0 Å². The third-order valence-corrected chi connectivity index (χ3v) is 7.46. The summed E-state index contributed by atoms with van der Waals surface area (Å²) in [5, 5.41) is 15.7. The molecule has 0 atom stereocenters. The first-order chi connectivity index (χ1) is 16.8. The topological polar surface area (TPSA) is 0 Å². The molecule has 0 amide bonds. The largest absolute Gasteiger partial charge is 0.0616 e. The molecule has 0 spiro atoms. The minimum Gasteiger partial charge on any atom is -0.0616 e. The lowest BCUT2D eigenvalue weighted by Gasteiger charge is -2.13. The zero-order valence-electron chi connectivity index (χ0n) is 18.5. The summed E-state index contributed by atoms with van der Waals surface area (Å²) in [7, 11) is 0. The van der Waals surface area contributed by atoms with E-state index in [1.165, 1.54) is 75.8 Å². The van der Waals surface area contributed by atoms with Gasteiger partial charge in [-0.25, -0.2) is 0 Å². The van der Waals surface area contributed by atoms with E-state index in [0.29, 0.717) is 0 Å². The van der Waals surface area contributed by atoms with Gasteiger partial charge in [0, 0.05) is 0 Å². The molecule has 8 aromatic carbocycles. The molecule has 0 saturated heterocycles. The molecule has 0 nitrogen and oxygen atoms in total. The highest BCUT2D eigenvalue weighted by Gasteiger charge is 2.10. The molecule has 0 heterocycles. The van der Waals surface area contributed by atoms with Gasteiger partial charge in [0.05, 0.1) is 0 Å². The summed E-state index contributed by atoms with van der Waals surface area (Å²) in [5.74, 6) is 0. The van der Waals surface area contributed by atoms with Crippen molar-refractivity contribution in [1.29, 1.82) is 0 Å². The van der Waals surface area contributed by atoms with Gasteiger partial charge in [-0.2, -0.15) is 0 Å². The van der Waals surface area contributed by atoms with Gasteiger partial charge in [0.25, 0.3) is 0 Å². The third-order valence-electron chi connectivity index (χ3n) is 7.46. The first-order valence-electron chi connectivity index (χ1n) is 11.8. The molecule has 0 N–H and O–H groups in total. The van der Waals surface area contributed by atoms with Crippen molar-refractivity contribution in [2.24, 2.45) is 0 Å². The van der Waals surface area contributed by atoms with Crippen LogP contribution >= 0.6 is 0 Å². The molecule has 156 valence electrons. The van der Waals surface area contributed by atoms with Crippen molar-refractivity contribution < 1.29 is 0 Å². The number of benzene rings is 8. The van der Waals surface area contributed by atoms with Gasteiger partial charge in [0.1, 0.15) is 0 Å². The Balaban J connectivity index is 1.35. The van der Waals surface area contributed by atoms with Gasteiger partial charge in [-0.1, -0.05) is 78.9 Å². The average molecular weight is 429 g/mol.